The zero-order chi connectivity index (χ0) is 15.5. The van der Waals surface area contributed by atoms with Gasteiger partial charge in [-0.1, -0.05) is 12.1 Å². The first kappa shape index (κ1) is 15.4. The average Bonchev–Trinajstić information content (AvgIpc) is 2.47. The van der Waals surface area contributed by atoms with Gasteiger partial charge in [0.25, 0.3) is 5.69 Å². The van der Waals surface area contributed by atoms with Crippen molar-refractivity contribution < 1.29 is 9.72 Å². The standard InChI is InChI=1S/C15H21N3O3/c1-15(8-3-4-9-16-15)14(19)17(2)11-12-6-5-7-13(10-12)18(20)21/h5-7,10,16H,3-4,8-9,11H2,1-2H3. The van der Waals surface area contributed by atoms with Gasteiger partial charge < -0.3 is 10.2 Å². The molecule has 1 unspecified atom stereocenters. The number of carbonyl (C=O) groups excluding carboxylic acids is 1. The molecule has 1 heterocycles. The number of hydrogen-bond acceptors (Lipinski definition) is 4. The Morgan fingerprint density at radius 3 is 2.86 bits per heavy atom. The molecule has 6 nitrogen and oxygen atoms in total. The molecule has 1 aliphatic heterocycles. The van der Waals surface area contributed by atoms with Crippen LogP contribution in [-0.4, -0.2) is 34.9 Å². The lowest BCUT2D eigenvalue weighted by Gasteiger charge is -2.36. The molecule has 21 heavy (non-hydrogen) atoms. The predicted molar refractivity (Wildman–Crippen MR) is 79.8 cm³/mol. The zero-order valence-electron chi connectivity index (χ0n) is 12.5. The van der Waals surface area contributed by atoms with Gasteiger partial charge in [0.05, 0.1) is 10.5 Å². The maximum absolute atomic E-state index is 12.6. The van der Waals surface area contributed by atoms with Gasteiger partial charge in [0.1, 0.15) is 0 Å². The van der Waals surface area contributed by atoms with Crippen molar-refractivity contribution in [1.82, 2.24) is 10.2 Å². The van der Waals surface area contributed by atoms with Crippen LogP contribution >= 0.6 is 0 Å². The summed E-state index contributed by atoms with van der Waals surface area (Å²) in [5.74, 6) is 0.0358. The van der Waals surface area contributed by atoms with E-state index in [1.807, 2.05) is 6.92 Å². The quantitative estimate of drug-likeness (QED) is 0.681. The van der Waals surface area contributed by atoms with Crippen LogP contribution in [0.3, 0.4) is 0 Å². The highest BCUT2D eigenvalue weighted by Crippen LogP contribution is 2.22. The molecule has 1 amide bonds. The fraction of sp³-hybridized carbons (Fsp3) is 0.533. The van der Waals surface area contributed by atoms with E-state index >= 15 is 0 Å². The maximum atomic E-state index is 12.6. The second kappa shape index (κ2) is 6.22. The zero-order valence-corrected chi connectivity index (χ0v) is 12.5. The Morgan fingerprint density at radius 1 is 1.48 bits per heavy atom. The third-order valence-corrected chi connectivity index (χ3v) is 3.98. The van der Waals surface area contributed by atoms with E-state index < -0.39 is 10.5 Å². The molecule has 0 bridgehead atoms. The Balaban J connectivity index is 2.06. The van der Waals surface area contributed by atoms with Crippen LogP contribution in [0.15, 0.2) is 24.3 Å². The van der Waals surface area contributed by atoms with Gasteiger partial charge in [-0.15, -0.1) is 0 Å². The highest BCUT2D eigenvalue weighted by Gasteiger charge is 2.36. The molecule has 1 aromatic carbocycles. The van der Waals surface area contributed by atoms with Gasteiger partial charge in [-0.05, 0) is 38.3 Å². The van der Waals surface area contributed by atoms with E-state index in [1.54, 1.807) is 24.1 Å². The molecule has 1 atom stereocenters. The normalized spacial score (nSPS) is 21.8. The molecular formula is C15H21N3O3. The van der Waals surface area contributed by atoms with Crippen molar-refractivity contribution in [1.29, 1.82) is 0 Å². The highest BCUT2D eigenvalue weighted by molar-refractivity contribution is 5.85. The van der Waals surface area contributed by atoms with E-state index in [1.165, 1.54) is 12.1 Å². The van der Waals surface area contributed by atoms with Crippen molar-refractivity contribution in [3.05, 3.63) is 39.9 Å². The molecule has 0 radical (unpaired) electrons. The Kier molecular flexibility index (Phi) is 4.57. The maximum Gasteiger partial charge on any atom is 0.269 e. The minimum atomic E-state index is -0.520. The largest absolute Gasteiger partial charge is 0.340 e. The van der Waals surface area contributed by atoms with E-state index in [0.29, 0.717) is 6.54 Å². The van der Waals surface area contributed by atoms with E-state index in [0.717, 1.165) is 31.4 Å². The summed E-state index contributed by atoms with van der Waals surface area (Å²) < 4.78 is 0. The summed E-state index contributed by atoms with van der Waals surface area (Å²) in [6, 6.07) is 6.41. The van der Waals surface area contributed by atoms with Crippen molar-refractivity contribution in [3.8, 4) is 0 Å². The molecule has 2 rings (SSSR count). The summed E-state index contributed by atoms with van der Waals surface area (Å²) in [6.07, 6.45) is 2.96. The van der Waals surface area contributed by atoms with Crippen LogP contribution in [0.2, 0.25) is 0 Å². The number of nitro benzene ring substituents is 1. The number of nitro groups is 1. The van der Waals surface area contributed by atoms with Gasteiger partial charge in [0.2, 0.25) is 5.91 Å². The Hall–Kier alpha value is -1.95. The van der Waals surface area contributed by atoms with Crippen LogP contribution in [0.1, 0.15) is 31.7 Å². The monoisotopic (exact) mass is 291 g/mol. The number of non-ortho nitro benzene ring substituents is 1. The smallest absolute Gasteiger partial charge is 0.269 e. The topological polar surface area (TPSA) is 75.5 Å². The van der Waals surface area contributed by atoms with Gasteiger partial charge in [-0.2, -0.15) is 0 Å². The minimum absolute atomic E-state index is 0.0358. The number of rotatable bonds is 4. The van der Waals surface area contributed by atoms with Gasteiger partial charge in [-0.3, -0.25) is 14.9 Å². The number of nitrogens with one attached hydrogen (secondary N) is 1. The van der Waals surface area contributed by atoms with Crippen molar-refractivity contribution in [2.75, 3.05) is 13.6 Å². The first-order chi connectivity index (χ1) is 9.92. The van der Waals surface area contributed by atoms with Crippen LogP contribution in [-0.2, 0) is 11.3 Å². The van der Waals surface area contributed by atoms with Gasteiger partial charge in [0.15, 0.2) is 0 Å². The van der Waals surface area contributed by atoms with Crippen LogP contribution in [0.25, 0.3) is 0 Å². The number of hydrogen-bond donors (Lipinski definition) is 1. The minimum Gasteiger partial charge on any atom is -0.340 e. The van der Waals surface area contributed by atoms with E-state index in [-0.39, 0.29) is 11.6 Å². The van der Waals surface area contributed by atoms with Gasteiger partial charge >= 0.3 is 0 Å². The summed E-state index contributed by atoms with van der Waals surface area (Å²) in [4.78, 5) is 24.6. The lowest BCUT2D eigenvalue weighted by molar-refractivity contribution is -0.384. The first-order valence-electron chi connectivity index (χ1n) is 7.16. The lowest BCUT2D eigenvalue weighted by Crippen LogP contribution is -2.57. The Bertz CT molecular complexity index is 539. The Labute approximate surface area is 124 Å². The Morgan fingerprint density at radius 2 is 2.24 bits per heavy atom. The molecule has 0 aliphatic carbocycles. The number of likely N-dealkylation sites (N-methyl/N-ethyl adjacent to an activating group) is 1. The van der Waals surface area contributed by atoms with E-state index in [4.69, 9.17) is 0 Å². The molecule has 1 N–H and O–H groups in total. The molecule has 1 fully saturated rings. The summed E-state index contributed by atoms with van der Waals surface area (Å²) in [7, 11) is 1.74. The van der Waals surface area contributed by atoms with E-state index in [2.05, 4.69) is 5.32 Å². The highest BCUT2D eigenvalue weighted by atomic mass is 16.6. The fourth-order valence-electron chi connectivity index (χ4n) is 2.77. The summed E-state index contributed by atoms with van der Waals surface area (Å²) in [6.45, 7) is 3.16. The molecule has 1 aromatic rings. The molecule has 0 spiro atoms. The molecule has 1 saturated heterocycles. The fourth-order valence-corrected chi connectivity index (χ4v) is 2.77. The lowest BCUT2D eigenvalue weighted by atomic mass is 9.89. The molecule has 0 saturated carbocycles. The number of benzene rings is 1. The number of nitrogens with zero attached hydrogens (tertiary/aromatic N) is 2. The van der Waals surface area contributed by atoms with Crippen molar-refractivity contribution in [3.63, 3.8) is 0 Å². The number of carbonyl (C=O) groups is 1. The first-order valence-corrected chi connectivity index (χ1v) is 7.16. The molecule has 114 valence electrons. The number of amides is 1. The second-order valence-corrected chi connectivity index (χ2v) is 5.80. The second-order valence-electron chi connectivity index (χ2n) is 5.80. The van der Waals surface area contributed by atoms with Crippen molar-refractivity contribution in [2.45, 2.75) is 38.3 Å². The average molecular weight is 291 g/mol. The van der Waals surface area contributed by atoms with E-state index in [9.17, 15) is 14.9 Å². The molecular weight excluding hydrogens is 270 g/mol. The molecule has 6 heteroatoms. The van der Waals surface area contributed by atoms with Crippen LogP contribution in [0.4, 0.5) is 5.69 Å². The predicted octanol–water partition coefficient (Wildman–Crippen LogP) is 2.09. The van der Waals surface area contributed by atoms with Crippen LogP contribution in [0.5, 0.6) is 0 Å². The van der Waals surface area contributed by atoms with Gasteiger partial charge in [0, 0.05) is 25.7 Å². The molecule has 1 aliphatic rings. The van der Waals surface area contributed by atoms with Crippen LogP contribution < -0.4 is 5.32 Å². The van der Waals surface area contributed by atoms with Crippen LogP contribution in [0, 0.1) is 10.1 Å². The third-order valence-electron chi connectivity index (χ3n) is 3.98. The SMILES string of the molecule is CN(Cc1cccc([N+](=O)[O-])c1)C(=O)C1(C)CCCCN1. The summed E-state index contributed by atoms with van der Waals surface area (Å²) >= 11 is 0. The molecule has 0 aromatic heterocycles. The van der Waals surface area contributed by atoms with Crippen molar-refractivity contribution >= 4 is 11.6 Å². The number of piperidine rings is 1. The third kappa shape index (κ3) is 3.58. The summed E-state index contributed by atoms with van der Waals surface area (Å²) in [5, 5.41) is 14.1. The van der Waals surface area contributed by atoms with Crippen molar-refractivity contribution in [2.24, 2.45) is 0 Å². The van der Waals surface area contributed by atoms with Gasteiger partial charge in [-0.25, -0.2) is 0 Å². The summed E-state index contributed by atoms with van der Waals surface area (Å²) in [5.41, 5.74) is 0.295.